The highest BCUT2D eigenvalue weighted by atomic mass is 32.2. The lowest BCUT2D eigenvalue weighted by Gasteiger charge is -2.43. The molecule has 0 spiro atoms. The van der Waals surface area contributed by atoms with E-state index in [1.165, 1.54) is 152 Å². The number of aryl methyl sites for hydroxylation is 17. The van der Waals surface area contributed by atoms with Gasteiger partial charge < -0.3 is 0 Å². The van der Waals surface area contributed by atoms with Crippen LogP contribution in [0.4, 0.5) is 0 Å². The second-order valence-corrected chi connectivity index (χ2v) is 61.5. The summed E-state index contributed by atoms with van der Waals surface area (Å²) >= 11 is 5.62. The minimum absolute atomic E-state index is 0.0174. The first-order valence-electron chi connectivity index (χ1n) is 50.6. The van der Waals surface area contributed by atoms with Crippen LogP contribution in [0.5, 0.6) is 0 Å². The van der Waals surface area contributed by atoms with Crippen LogP contribution in [-0.2, 0) is 51.5 Å². The van der Waals surface area contributed by atoms with Crippen molar-refractivity contribution in [2.45, 2.75) is 222 Å². The lowest BCUT2D eigenvalue weighted by Crippen LogP contribution is -2.78. The molecule has 666 valence electrons. The zero-order chi connectivity index (χ0) is 102. The maximum Gasteiger partial charge on any atom is 0.213 e. The molecule has 10 heterocycles. The third-order valence-corrected chi connectivity index (χ3v) is 48.0. The minimum Gasteiger partial charge on any atom is -0.201 e. The summed E-state index contributed by atoms with van der Waals surface area (Å²) < 4.78 is 80.6. The van der Waals surface area contributed by atoms with Gasteiger partial charge in [-0.3, -0.25) is 0 Å². The summed E-state index contributed by atoms with van der Waals surface area (Å²) in [4.78, 5) is 8.09. The van der Waals surface area contributed by atoms with Gasteiger partial charge in [0.2, 0.25) is 28.5 Å². The Morgan fingerprint density at radius 2 is 0.511 bits per heavy atom. The molecule has 131 heavy (non-hydrogen) atoms. The summed E-state index contributed by atoms with van der Waals surface area (Å²) in [7, 11) is 2.62. The average Bonchev–Trinajstić information content (AvgIpc) is 0.702. The first kappa shape index (κ1) is 82.8. The molecule has 0 saturated heterocycles. The second kappa shape index (κ2) is 35.4. The monoisotopic (exact) mass is 1850 g/mol. The Balaban J connectivity index is 0.000000126. The number of fused-ring (bicyclic) bond motifs is 10. The maximum absolute atomic E-state index is 7.91. The maximum atomic E-state index is 7.91. The van der Waals surface area contributed by atoms with Crippen LogP contribution in [0.2, 0.25) is 52.4 Å². The van der Waals surface area contributed by atoms with Gasteiger partial charge in [0.1, 0.15) is 67.5 Å². The van der Waals surface area contributed by atoms with Crippen LogP contribution >= 0.6 is 35.3 Å². The largest absolute Gasteiger partial charge is 0.213 e. The summed E-state index contributed by atoms with van der Waals surface area (Å²) in [5, 5.41) is 12.4. The van der Waals surface area contributed by atoms with E-state index in [1.807, 2.05) is 95.4 Å². The number of rotatable bonds is 5. The predicted octanol–water partition coefficient (Wildman–Crippen LogP) is 22.9. The van der Waals surface area contributed by atoms with Crippen molar-refractivity contribution in [1.82, 2.24) is 0 Å². The van der Waals surface area contributed by atoms with Crippen LogP contribution in [0, 0.1) is 82.9 Å². The molecule has 0 atom stereocenters. The van der Waals surface area contributed by atoms with Gasteiger partial charge in [0.15, 0.2) is 31.0 Å². The lowest BCUT2D eigenvalue weighted by atomic mass is 9.74. The number of nitrogens with zero attached hydrogens (tertiary/aromatic N) is 5. The van der Waals surface area contributed by atoms with E-state index in [4.69, 9.17) is 12.3 Å². The molecule has 0 bridgehead atoms. The number of hydrogen-bond donors (Lipinski definition) is 0. The van der Waals surface area contributed by atoms with Gasteiger partial charge in [-0.2, -0.15) is 0 Å². The van der Waals surface area contributed by atoms with Gasteiger partial charge in [-0.15, -0.1) is 0 Å². The van der Waals surface area contributed by atoms with Gasteiger partial charge in [-0.25, -0.2) is 22.8 Å². The third-order valence-electron chi connectivity index (χ3n) is 29.4. The van der Waals surface area contributed by atoms with E-state index in [0.717, 1.165) is 22.6 Å². The molecule has 15 aromatic rings. The molecule has 0 N–H and O–H groups in total. The van der Waals surface area contributed by atoms with Crippen molar-refractivity contribution in [3.05, 3.63) is 362 Å². The smallest absolute Gasteiger partial charge is 0.201 e. The van der Waals surface area contributed by atoms with Gasteiger partial charge in [-0.1, -0.05) is 306 Å². The molecule has 12 heteroatoms. The minimum atomic E-state index is -2.10. The fourth-order valence-electron chi connectivity index (χ4n) is 22.1. The molecule has 0 fully saturated rings. The van der Waals surface area contributed by atoms with E-state index < -0.39 is 52.9 Å². The highest BCUT2D eigenvalue weighted by Crippen LogP contribution is 2.56. The number of benzene rings is 10. The van der Waals surface area contributed by atoms with E-state index in [9.17, 15) is 0 Å². The molecular weight excluding hydrogens is 1710 g/mol. The Morgan fingerprint density at radius 3 is 0.870 bits per heavy atom. The summed E-state index contributed by atoms with van der Waals surface area (Å²) in [5.41, 5.74) is 33.0. The Morgan fingerprint density at radius 1 is 0.237 bits per heavy atom. The Bertz CT molecular complexity index is 7530. The molecule has 0 radical (unpaired) electrons. The Hall–Kier alpha value is -10.1. The van der Waals surface area contributed by atoms with Crippen molar-refractivity contribution in [3.63, 3.8) is 0 Å². The first-order chi connectivity index (χ1) is 65.4. The van der Waals surface area contributed by atoms with Crippen molar-refractivity contribution >= 4 is 109 Å². The number of pyridine rings is 5. The molecule has 0 unspecified atom stereocenters. The second-order valence-electron chi connectivity index (χ2n) is 41.0. The Kier molecular flexibility index (Phi) is 22.3. The molecule has 10 aromatic carbocycles. The Labute approximate surface area is 813 Å². The topological polar surface area (TPSA) is 19.4 Å². The molecule has 5 nitrogen and oxygen atoms in total. The molecule has 5 aromatic heterocycles. The van der Waals surface area contributed by atoms with E-state index >= 15 is 0 Å². The lowest BCUT2D eigenvalue weighted by molar-refractivity contribution is -0.660. The van der Waals surface area contributed by atoms with Gasteiger partial charge in [-0.05, 0) is 220 Å². The first-order valence-corrected chi connectivity index (χ1v) is 60.6. The van der Waals surface area contributed by atoms with Gasteiger partial charge in [0, 0.05) is 127 Å². The SMILES string of the molecule is Cc1cc(-c2c(C)ccc3c2C(C)(C)c2ccccc2S3)[n+](C)cc1C.Cc1ccc(-c2c(C)ccc3c2C(C)(C)c2ccccc2S3)[n+](C)c1.[2H]C([2H])([2H])c1c[n+](C)c(-c2c(C)ccc3c2[Si](C)(C)c2ccccc2[Si]3(C)C)cc1C.[2H]C([2H])([2H])c1ccc(-c2c(C)ccc3c2C(C)(C)c2ccccc2S3)[n+](C)c1.[2H]C([2H])([2H])c1ccc(-c2c(C)ccc3c2[Si](C)(C)c2ccccc2[Si]3(C)C)[n+](C)c1. The summed E-state index contributed by atoms with van der Waals surface area (Å²) in [6.07, 6.45) is 9.78. The van der Waals surface area contributed by atoms with Crippen LogP contribution < -0.4 is 64.3 Å². The van der Waals surface area contributed by atoms with Gasteiger partial charge in [0.25, 0.3) is 0 Å². The van der Waals surface area contributed by atoms with Crippen LogP contribution in [0.3, 0.4) is 0 Å². The van der Waals surface area contributed by atoms with Crippen LogP contribution in [-0.4, -0.2) is 32.3 Å². The molecule has 5 aliphatic heterocycles. The fourth-order valence-corrected chi connectivity index (χ4v) is 46.0. The quantitative estimate of drug-likeness (QED) is 0.126. The van der Waals surface area contributed by atoms with Crippen molar-refractivity contribution in [2.24, 2.45) is 35.2 Å². The normalized spacial score (nSPS) is 16.8. The van der Waals surface area contributed by atoms with Gasteiger partial charge in [0.05, 0.1) is 16.7 Å². The van der Waals surface area contributed by atoms with Gasteiger partial charge >= 0.3 is 0 Å². The zero-order valence-electron chi connectivity index (χ0n) is 91.3. The van der Waals surface area contributed by atoms with Crippen LogP contribution in [0.1, 0.15) is 154 Å². The number of hydrogen-bond acceptors (Lipinski definition) is 3. The third kappa shape index (κ3) is 16.6. The van der Waals surface area contributed by atoms with Crippen molar-refractivity contribution in [1.29, 1.82) is 0 Å². The summed E-state index contributed by atoms with van der Waals surface area (Å²) in [5.74, 6) is 0. The summed E-state index contributed by atoms with van der Waals surface area (Å²) in [6.45, 7) is 46.9. The van der Waals surface area contributed by atoms with E-state index in [1.54, 1.807) is 60.8 Å². The molecule has 20 rings (SSSR count). The van der Waals surface area contributed by atoms with E-state index in [0.29, 0.717) is 16.7 Å². The molecular formula is C119H136N5S3Si4+5. The highest BCUT2D eigenvalue weighted by Gasteiger charge is 2.50. The summed E-state index contributed by atoms with van der Waals surface area (Å²) in [6, 6.07) is 83.6. The molecule has 5 aliphatic rings. The van der Waals surface area contributed by atoms with E-state index in [-0.39, 0.29) is 16.2 Å². The van der Waals surface area contributed by atoms with E-state index in [2.05, 4.69) is 391 Å². The molecule has 0 amide bonds. The van der Waals surface area contributed by atoms with Crippen molar-refractivity contribution in [2.75, 3.05) is 0 Å². The fraction of sp³-hybridized carbons (Fsp3) is 0.286. The predicted molar refractivity (Wildman–Crippen MR) is 570 cm³/mol. The average molecular weight is 1850 g/mol. The van der Waals surface area contributed by atoms with Crippen molar-refractivity contribution < 1.29 is 35.2 Å². The van der Waals surface area contributed by atoms with Crippen LogP contribution in [0.25, 0.3) is 56.3 Å². The standard InChI is InChI=1S/C25H32NSi2.C24H26NS.C24H30NSi2.2C23H24NS/c1-17-13-14-23-25(24(17)20-15-18(2)19(3)16-26(20)4)28(7,8)22-12-10-9-11-21(22)27(23,5)6;1-15-11-12-21-23(22(15)19-13-16(2)17(3)14-25(19)6)24(4,5)18-9-7-8-10-20(18)26-21;1-17-12-14-19(25(3)16-17)23-18(2)13-15-22-24(23)27(6,7)21-11-9-8-10-20(21)26(22,4)5;2*1-15-10-12-18(24(5)14-15)21-16(2)11-13-20-22(21)23(3,4)17-8-6-7-9-19(17)25-20/h9-16H,1-8H3;7-14H,1-6H3;8-16H,1-7H3;2*6-14H,1-5H3/q5*+1/i3D3;;2*1D3;. The molecule has 0 aliphatic carbocycles. The highest BCUT2D eigenvalue weighted by molar-refractivity contribution is 8.00. The zero-order valence-corrected chi connectivity index (χ0v) is 88.7. The molecule has 0 saturated carbocycles. The van der Waals surface area contributed by atoms with Crippen molar-refractivity contribution in [3.8, 4) is 56.3 Å². The number of aromatic nitrogens is 5. The van der Waals surface area contributed by atoms with Crippen LogP contribution in [0.15, 0.2) is 291 Å².